The number of piperidine rings is 1. The topological polar surface area (TPSA) is 48.4 Å². The van der Waals surface area contributed by atoms with E-state index in [0.717, 1.165) is 43.2 Å². The lowest BCUT2D eigenvalue weighted by atomic mass is 9.97. The molecule has 1 saturated heterocycles. The molecule has 4 nitrogen and oxygen atoms in total. The lowest BCUT2D eigenvalue weighted by Crippen LogP contribution is -2.48. The highest BCUT2D eigenvalue weighted by Gasteiger charge is 2.24. The summed E-state index contributed by atoms with van der Waals surface area (Å²) >= 11 is 1.75. The number of aromatic nitrogens is 1. The average molecular weight is 297 g/mol. The fourth-order valence-electron chi connectivity index (χ4n) is 2.78. The third-order valence-corrected chi connectivity index (χ3v) is 5.09. The summed E-state index contributed by atoms with van der Waals surface area (Å²) in [5.41, 5.74) is 1.12. The summed E-state index contributed by atoms with van der Waals surface area (Å²) in [6, 6.07) is 1.00. The molecule has 0 spiro atoms. The van der Waals surface area contributed by atoms with Gasteiger partial charge in [-0.1, -0.05) is 13.8 Å². The molecule has 0 radical (unpaired) electrons. The molecule has 0 aliphatic carbocycles. The van der Waals surface area contributed by atoms with E-state index in [2.05, 4.69) is 41.4 Å². The molecule has 0 aromatic carbocycles. The lowest BCUT2D eigenvalue weighted by molar-refractivity contribution is 0.227. The van der Waals surface area contributed by atoms with Crippen LogP contribution in [0.1, 0.15) is 38.8 Å². The minimum atomic E-state index is 0.271. The van der Waals surface area contributed by atoms with Gasteiger partial charge in [-0.25, -0.2) is 4.98 Å². The van der Waals surface area contributed by atoms with Crippen molar-refractivity contribution in [1.29, 1.82) is 0 Å². The van der Waals surface area contributed by atoms with Crippen LogP contribution in [0.5, 0.6) is 0 Å². The van der Waals surface area contributed by atoms with Crippen LogP contribution in [0.15, 0.2) is 5.38 Å². The Labute approximate surface area is 126 Å². The van der Waals surface area contributed by atoms with Crippen LogP contribution in [-0.2, 0) is 0 Å². The van der Waals surface area contributed by atoms with E-state index in [1.807, 2.05) is 0 Å². The third kappa shape index (κ3) is 4.17. The number of hydrogen-bond acceptors (Lipinski definition) is 5. The van der Waals surface area contributed by atoms with Crippen LogP contribution >= 0.6 is 11.3 Å². The Bertz CT molecular complexity index is 400. The van der Waals surface area contributed by atoms with E-state index in [4.69, 9.17) is 5.11 Å². The van der Waals surface area contributed by atoms with Crippen LogP contribution in [0.3, 0.4) is 0 Å². The predicted octanol–water partition coefficient (Wildman–Crippen LogP) is 2.42. The second-order valence-corrected chi connectivity index (χ2v) is 6.90. The maximum absolute atomic E-state index is 9.15. The molecule has 0 bridgehead atoms. The molecule has 2 rings (SSSR count). The molecule has 1 atom stereocenters. The summed E-state index contributed by atoms with van der Waals surface area (Å²) in [4.78, 5) is 6.96. The van der Waals surface area contributed by atoms with Gasteiger partial charge in [-0.15, -0.1) is 11.3 Å². The first-order valence-corrected chi connectivity index (χ1v) is 8.52. The number of aryl methyl sites for hydroxylation is 1. The number of thiazole rings is 1. The van der Waals surface area contributed by atoms with E-state index in [9.17, 15) is 0 Å². The van der Waals surface area contributed by atoms with E-state index >= 15 is 0 Å². The number of aliphatic hydroxyl groups excluding tert-OH is 1. The van der Waals surface area contributed by atoms with Gasteiger partial charge in [0, 0.05) is 37.2 Å². The number of nitrogens with zero attached hydrogens (tertiary/aromatic N) is 2. The van der Waals surface area contributed by atoms with Crippen molar-refractivity contribution in [3.8, 4) is 0 Å². The first kappa shape index (κ1) is 15.7. The van der Waals surface area contributed by atoms with Crippen LogP contribution in [0, 0.1) is 12.8 Å². The molecule has 2 N–H and O–H groups in total. The number of rotatable bonds is 6. The molecule has 114 valence electrons. The number of aliphatic hydroxyl groups is 1. The molecule has 1 aromatic rings. The average Bonchev–Trinajstić information content (AvgIpc) is 2.85. The Morgan fingerprint density at radius 3 is 2.65 bits per heavy atom. The Kier molecular flexibility index (Phi) is 5.81. The molecule has 1 aromatic heterocycles. The maximum Gasteiger partial charge on any atom is 0.185 e. The van der Waals surface area contributed by atoms with Crippen LogP contribution in [0.4, 0.5) is 5.13 Å². The van der Waals surface area contributed by atoms with Gasteiger partial charge in [0.15, 0.2) is 5.13 Å². The maximum atomic E-state index is 9.15. The van der Waals surface area contributed by atoms with Gasteiger partial charge in [0.2, 0.25) is 0 Å². The smallest absolute Gasteiger partial charge is 0.185 e. The minimum Gasteiger partial charge on any atom is -0.396 e. The van der Waals surface area contributed by atoms with E-state index in [1.165, 1.54) is 0 Å². The summed E-state index contributed by atoms with van der Waals surface area (Å²) < 4.78 is 0. The van der Waals surface area contributed by atoms with Crippen molar-refractivity contribution >= 4 is 16.5 Å². The molecule has 1 fully saturated rings. The van der Waals surface area contributed by atoms with Gasteiger partial charge in [-0.05, 0) is 32.1 Å². The molecule has 2 heterocycles. The van der Waals surface area contributed by atoms with Crippen molar-refractivity contribution in [1.82, 2.24) is 10.3 Å². The fraction of sp³-hybridized carbons (Fsp3) is 0.800. The Morgan fingerprint density at radius 2 is 2.15 bits per heavy atom. The number of nitrogens with one attached hydrogen (secondary N) is 1. The Morgan fingerprint density at radius 1 is 1.45 bits per heavy atom. The zero-order valence-corrected chi connectivity index (χ0v) is 13.6. The van der Waals surface area contributed by atoms with Gasteiger partial charge >= 0.3 is 0 Å². The second kappa shape index (κ2) is 7.38. The second-order valence-electron chi connectivity index (χ2n) is 6.06. The third-order valence-electron chi connectivity index (χ3n) is 4.07. The van der Waals surface area contributed by atoms with Crippen LogP contribution < -0.4 is 10.2 Å². The summed E-state index contributed by atoms with van der Waals surface area (Å²) in [5.74, 6) is 0.571. The van der Waals surface area contributed by atoms with E-state index in [0.29, 0.717) is 18.0 Å². The molecule has 5 heteroatoms. The van der Waals surface area contributed by atoms with E-state index in [-0.39, 0.29) is 6.61 Å². The standard InChI is InChI=1S/C15H27N3OS/c1-11(2)14(6-9-19)17-13-4-7-18(8-5-13)15-16-12(3)10-20-15/h10-11,13-14,17,19H,4-9H2,1-3H3. The zero-order chi connectivity index (χ0) is 14.5. The largest absolute Gasteiger partial charge is 0.396 e. The highest BCUT2D eigenvalue weighted by Crippen LogP contribution is 2.24. The van der Waals surface area contributed by atoms with Crippen molar-refractivity contribution < 1.29 is 5.11 Å². The van der Waals surface area contributed by atoms with Crippen molar-refractivity contribution in [3.63, 3.8) is 0 Å². The molecule has 0 amide bonds. The molecular weight excluding hydrogens is 270 g/mol. The first-order chi connectivity index (χ1) is 9.60. The molecule has 20 heavy (non-hydrogen) atoms. The van der Waals surface area contributed by atoms with Gasteiger partial charge in [0.1, 0.15) is 0 Å². The van der Waals surface area contributed by atoms with Gasteiger partial charge in [-0.3, -0.25) is 0 Å². The molecule has 1 unspecified atom stereocenters. The quantitative estimate of drug-likeness (QED) is 0.846. The van der Waals surface area contributed by atoms with Gasteiger partial charge < -0.3 is 15.3 Å². The normalized spacial score (nSPS) is 18.8. The van der Waals surface area contributed by atoms with Crippen LogP contribution in [0.25, 0.3) is 0 Å². The Balaban J connectivity index is 1.81. The van der Waals surface area contributed by atoms with E-state index < -0.39 is 0 Å². The van der Waals surface area contributed by atoms with Crippen molar-refractivity contribution in [2.45, 2.75) is 52.1 Å². The zero-order valence-electron chi connectivity index (χ0n) is 12.8. The molecular formula is C15H27N3OS. The van der Waals surface area contributed by atoms with Gasteiger partial charge in [0.25, 0.3) is 0 Å². The monoisotopic (exact) mass is 297 g/mol. The van der Waals surface area contributed by atoms with Gasteiger partial charge in [-0.2, -0.15) is 0 Å². The number of hydrogen-bond donors (Lipinski definition) is 2. The molecule has 1 aliphatic rings. The first-order valence-electron chi connectivity index (χ1n) is 7.64. The highest BCUT2D eigenvalue weighted by atomic mass is 32.1. The summed E-state index contributed by atoms with van der Waals surface area (Å²) in [6.45, 7) is 8.92. The SMILES string of the molecule is Cc1csc(N2CCC(NC(CCO)C(C)C)CC2)n1. The van der Waals surface area contributed by atoms with Crippen LogP contribution in [-0.4, -0.2) is 41.9 Å². The summed E-state index contributed by atoms with van der Waals surface area (Å²) in [7, 11) is 0. The number of anilines is 1. The Hall–Kier alpha value is -0.650. The fourth-order valence-corrected chi connectivity index (χ4v) is 3.63. The van der Waals surface area contributed by atoms with Crippen molar-refractivity contribution in [2.75, 3.05) is 24.6 Å². The lowest BCUT2D eigenvalue weighted by Gasteiger charge is -2.35. The highest BCUT2D eigenvalue weighted by molar-refractivity contribution is 7.13. The van der Waals surface area contributed by atoms with E-state index in [1.54, 1.807) is 11.3 Å². The molecule has 0 saturated carbocycles. The molecule has 1 aliphatic heterocycles. The van der Waals surface area contributed by atoms with Crippen molar-refractivity contribution in [2.24, 2.45) is 5.92 Å². The summed E-state index contributed by atoms with van der Waals surface area (Å²) in [6.07, 6.45) is 3.17. The predicted molar refractivity (Wildman–Crippen MR) is 85.6 cm³/mol. The minimum absolute atomic E-state index is 0.271. The van der Waals surface area contributed by atoms with Crippen molar-refractivity contribution in [3.05, 3.63) is 11.1 Å². The summed E-state index contributed by atoms with van der Waals surface area (Å²) in [5, 5.41) is 16.2. The van der Waals surface area contributed by atoms with Gasteiger partial charge in [0.05, 0.1) is 5.69 Å². The van der Waals surface area contributed by atoms with Crippen LogP contribution in [0.2, 0.25) is 0 Å².